The van der Waals surface area contributed by atoms with E-state index < -0.39 is 0 Å². The van der Waals surface area contributed by atoms with Crippen molar-refractivity contribution in [2.45, 2.75) is 20.8 Å². The van der Waals surface area contributed by atoms with Crippen molar-refractivity contribution in [3.63, 3.8) is 0 Å². The first-order chi connectivity index (χ1) is 6.20. The largest absolute Gasteiger partial charge is 0.315 e. The number of amides is 1. The fourth-order valence-electron chi connectivity index (χ4n) is 1.54. The number of carbonyl (C=O) groups excluding carboxylic acids is 1. The Morgan fingerprint density at radius 1 is 1.31 bits per heavy atom. The number of rotatable bonds is 3. The quantitative estimate of drug-likeness (QED) is 0.649. The molecular formula is C11H15NO. The van der Waals surface area contributed by atoms with Gasteiger partial charge in [-0.25, -0.2) is 0 Å². The molecule has 0 saturated heterocycles. The van der Waals surface area contributed by atoms with Crippen molar-refractivity contribution in [2.24, 2.45) is 0 Å². The van der Waals surface area contributed by atoms with Crippen LogP contribution < -0.4 is 4.90 Å². The number of carbonyl (C=O) groups is 1. The van der Waals surface area contributed by atoms with E-state index in [1.807, 2.05) is 39.0 Å². The van der Waals surface area contributed by atoms with Gasteiger partial charge >= 0.3 is 0 Å². The van der Waals surface area contributed by atoms with Crippen LogP contribution in [0.5, 0.6) is 0 Å². The van der Waals surface area contributed by atoms with Crippen LogP contribution in [0.25, 0.3) is 0 Å². The van der Waals surface area contributed by atoms with E-state index in [0.29, 0.717) is 0 Å². The standard InChI is InChI=1S/C11H15NO/c1-4-12(8-13)11-9(2)6-5-7-10(11)3/h5-8H,4H2,1-3H3. The van der Waals surface area contributed by atoms with Gasteiger partial charge in [0, 0.05) is 12.2 Å². The molecule has 0 spiro atoms. The fourth-order valence-corrected chi connectivity index (χ4v) is 1.54. The first-order valence-corrected chi connectivity index (χ1v) is 4.48. The minimum absolute atomic E-state index is 0.717. The highest BCUT2D eigenvalue weighted by Gasteiger charge is 2.07. The maximum Gasteiger partial charge on any atom is 0.214 e. The summed E-state index contributed by atoms with van der Waals surface area (Å²) in [6.45, 7) is 6.73. The summed E-state index contributed by atoms with van der Waals surface area (Å²) in [5.74, 6) is 0. The van der Waals surface area contributed by atoms with Crippen LogP contribution in [0.15, 0.2) is 18.2 Å². The van der Waals surface area contributed by atoms with E-state index in [9.17, 15) is 4.79 Å². The third-order valence-corrected chi connectivity index (χ3v) is 2.19. The zero-order valence-corrected chi connectivity index (χ0v) is 8.37. The lowest BCUT2D eigenvalue weighted by Gasteiger charge is -2.19. The van der Waals surface area contributed by atoms with Crippen molar-refractivity contribution < 1.29 is 4.79 Å². The highest BCUT2D eigenvalue weighted by Crippen LogP contribution is 2.22. The van der Waals surface area contributed by atoms with Gasteiger partial charge in [0.1, 0.15) is 0 Å². The van der Waals surface area contributed by atoms with Crippen molar-refractivity contribution >= 4 is 12.1 Å². The smallest absolute Gasteiger partial charge is 0.214 e. The van der Waals surface area contributed by atoms with E-state index in [2.05, 4.69) is 0 Å². The number of para-hydroxylation sites is 1. The number of benzene rings is 1. The lowest BCUT2D eigenvalue weighted by Crippen LogP contribution is -2.21. The SMILES string of the molecule is CCN(C=O)c1c(C)cccc1C. The third-order valence-electron chi connectivity index (χ3n) is 2.19. The second kappa shape index (κ2) is 4.08. The minimum atomic E-state index is 0.717. The van der Waals surface area contributed by atoms with E-state index in [-0.39, 0.29) is 0 Å². The molecule has 2 nitrogen and oxygen atoms in total. The first-order valence-electron chi connectivity index (χ1n) is 4.48. The molecule has 0 aliphatic rings. The monoisotopic (exact) mass is 177 g/mol. The number of aryl methyl sites for hydroxylation is 2. The molecular weight excluding hydrogens is 162 g/mol. The molecule has 0 aliphatic heterocycles. The summed E-state index contributed by atoms with van der Waals surface area (Å²) in [7, 11) is 0. The summed E-state index contributed by atoms with van der Waals surface area (Å²) in [4.78, 5) is 12.5. The Kier molecular flexibility index (Phi) is 3.07. The molecule has 1 rings (SSSR count). The number of hydrogen-bond acceptors (Lipinski definition) is 1. The van der Waals surface area contributed by atoms with Gasteiger partial charge in [0.2, 0.25) is 6.41 Å². The summed E-state index contributed by atoms with van der Waals surface area (Å²) in [5, 5.41) is 0. The molecule has 0 bridgehead atoms. The third kappa shape index (κ3) is 1.89. The topological polar surface area (TPSA) is 20.3 Å². The van der Waals surface area contributed by atoms with Gasteiger partial charge in [0.15, 0.2) is 0 Å². The Balaban J connectivity index is 3.17. The highest BCUT2D eigenvalue weighted by molar-refractivity contribution is 5.78. The zero-order chi connectivity index (χ0) is 9.84. The van der Waals surface area contributed by atoms with Crippen LogP contribution in [0.3, 0.4) is 0 Å². The Hall–Kier alpha value is -1.31. The van der Waals surface area contributed by atoms with Crippen molar-refractivity contribution in [3.8, 4) is 0 Å². The van der Waals surface area contributed by atoms with Crippen LogP contribution in [-0.2, 0) is 4.79 Å². The van der Waals surface area contributed by atoms with E-state index >= 15 is 0 Å². The van der Waals surface area contributed by atoms with Crippen LogP contribution >= 0.6 is 0 Å². The molecule has 0 radical (unpaired) electrons. The normalized spacial score (nSPS) is 9.77. The molecule has 0 N–H and O–H groups in total. The average molecular weight is 177 g/mol. The minimum Gasteiger partial charge on any atom is -0.315 e. The highest BCUT2D eigenvalue weighted by atomic mass is 16.1. The van der Waals surface area contributed by atoms with Crippen LogP contribution in [0.1, 0.15) is 18.1 Å². The van der Waals surface area contributed by atoms with Gasteiger partial charge < -0.3 is 4.90 Å². The van der Waals surface area contributed by atoms with E-state index in [1.54, 1.807) is 4.90 Å². The maximum atomic E-state index is 10.8. The summed E-state index contributed by atoms with van der Waals surface area (Å²) >= 11 is 0. The lowest BCUT2D eigenvalue weighted by atomic mass is 10.1. The molecule has 0 aromatic heterocycles. The Morgan fingerprint density at radius 2 is 1.85 bits per heavy atom. The van der Waals surface area contributed by atoms with Gasteiger partial charge in [-0.3, -0.25) is 4.79 Å². The van der Waals surface area contributed by atoms with Gasteiger partial charge in [-0.2, -0.15) is 0 Å². The molecule has 0 aliphatic carbocycles. The van der Waals surface area contributed by atoms with Crippen molar-refractivity contribution in [1.82, 2.24) is 0 Å². The molecule has 0 atom stereocenters. The van der Waals surface area contributed by atoms with Crippen LogP contribution in [0, 0.1) is 13.8 Å². The van der Waals surface area contributed by atoms with Crippen molar-refractivity contribution in [2.75, 3.05) is 11.4 Å². The summed E-state index contributed by atoms with van der Waals surface area (Å²) < 4.78 is 0. The first kappa shape index (κ1) is 9.78. The molecule has 1 aromatic rings. The summed E-state index contributed by atoms with van der Waals surface area (Å²) in [6, 6.07) is 6.05. The van der Waals surface area contributed by atoms with E-state index in [1.165, 1.54) is 0 Å². The molecule has 2 heteroatoms. The molecule has 1 aromatic carbocycles. The predicted octanol–water partition coefficient (Wildman–Crippen LogP) is 2.29. The summed E-state index contributed by atoms with van der Waals surface area (Å²) in [5.41, 5.74) is 3.34. The number of nitrogens with zero attached hydrogens (tertiary/aromatic N) is 1. The van der Waals surface area contributed by atoms with Gasteiger partial charge in [-0.1, -0.05) is 18.2 Å². The average Bonchev–Trinajstić information content (AvgIpc) is 2.11. The molecule has 13 heavy (non-hydrogen) atoms. The Morgan fingerprint density at radius 3 is 2.23 bits per heavy atom. The van der Waals surface area contributed by atoms with Gasteiger partial charge in [-0.05, 0) is 31.9 Å². The maximum absolute atomic E-state index is 10.8. The second-order valence-corrected chi connectivity index (χ2v) is 3.13. The van der Waals surface area contributed by atoms with Gasteiger partial charge in [0.25, 0.3) is 0 Å². The molecule has 0 heterocycles. The molecule has 0 saturated carbocycles. The summed E-state index contributed by atoms with van der Waals surface area (Å²) in [6.07, 6.45) is 0.884. The molecule has 0 unspecified atom stereocenters. The van der Waals surface area contributed by atoms with E-state index in [0.717, 1.165) is 29.8 Å². The van der Waals surface area contributed by atoms with Gasteiger partial charge in [0.05, 0.1) is 0 Å². The van der Waals surface area contributed by atoms with Crippen molar-refractivity contribution in [1.29, 1.82) is 0 Å². The lowest BCUT2D eigenvalue weighted by molar-refractivity contribution is -0.107. The van der Waals surface area contributed by atoms with Crippen LogP contribution in [0.4, 0.5) is 5.69 Å². The molecule has 0 fully saturated rings. The van der Waals surface area contributed by atoms with Gasteiger partial charge in [-0.15, -0.1) is 0 Å². The zero-order valence-electron chi connectivity index (χ0n) is 8.37. The fraction of sp³-hybridized carbons (Fsp3) is 0.364. The van der Waals surface area contributed by atoms with Crippen LogP contribution in [-0.4, -0.2) is 13.0 Å². The Labute approximate surface area is 79.2 Å². The Bertz CT molecular complexity index is 287. The van der Waals surface area contributed by atoms with Crippen LogP contribution in [0.2, 0.25) is 0 Å². The van der Waals surface area contributed by atoms with E-state index in [4.69, 9.17) is 0 Å². The number of hydrogen-bond donors (Lipinski definition) is 0. The van der Waals surface area contributed by atoms with Crippen molar-refractivity contribution in [3.05, 3.63) is 29.3 Å². The predicted molar refractivity (Wildman–Crippen MR) is 55.0 cm³/mol. The molecule has 70 valence electrons. The molecule has 1 amide bonds. The second-order valence-electron chi connectivity index (χ2n) is 3.13. The number of anilines is 1.